The van der Waals surface area contributed by atoms with Gasteiger partial charge in [-0.2, -0.15) is 0 Å². The average molecular weight is 687 g/mol. The number of ether oxygens (including phenoxy) is 1. The molecule has 1 aromatic rings. The third kappa shape index (κ3) is 8.11. The highest BCUT2D eigenvalue weighted by atomic mass is 32.2. The Morgan fingerprint density at radius 1 is 0.979 bits per heavy atom. The van der Waals surface area contributed by atoms with Gasteiger partial charge in [0.2, 0.25) is 11.8 Å². The van der Waals surface area contributed by atoms with Crippen molar-refractivity contribution in [1.82, 2.24) is 10.6 Å². The molecule has 3 fully saturated rings. The first-order valence-electron chi connectivity index (χ1n) is 17.7. The van der Waals surface area contributed by atoms with Gasteiger partial charge in [0.15, 0.2) is 0 Å². The smallest absolute Gasteiger partial charge is 0.316 e. The lowest BCUT2D eigenvalue weighted by atomic mass is 9.50. The number of hydrogen-bond donors (Lipinski definition) is 5. The number of nitrogens with two attached hydrogens (primary N) is 2. The molecule has 268 valence electrons. The van der Waals surface area contributed by atoms with Crippen LogP contribution in [0.4, 0.5) is 0 Å². The number of ketones is 1. The molecule has 10 nitrogen and oxygen atoms in total. The maximum absolute atomic E-state index is 14.0. The number of aliphatic hydroxyl groups is 1. The van der Waals surface area contributed by atoms with Gasteiger partial charge >= 0.3 is 5.97 Å². The van der Waals surface area contributed by atoms with Crippen LogP contribution in [0, 0.1) is 33.5 Å². The van der Waals surface area contributed by atoms with Crippen LogP contribution in [-0.2, 0) is 30.3 Å². The van der Waals surface area contributed by atoms with E-state index in [9.17, 15) is 24.3 Å². The third-order valence-electron chi connectivity index (χ3n) is 12.1. The largest absolute Gasteiger partial charge is 0.461 e. The number of rotatable bonds is 13. The molecular weight excluding hydrogens is 628 g/mol. The maximum atomic E-state index is 14.0. The Kier molecular flexibility index (Phi) is 12.5. The summed E-state index contributed by atoms with van der Waals surface area (Å²) in [5.41, 5.74) is 9.40. The zero-order chi connectivity index (χ0) is 35.3. The molecule has 0 unspecified atom stereocenters. The van der Waals surface area contributed by atoms with Crippen molar-refractivity contribution in [3.8, 4) is 0 Å². The minimum Gasteiger partial charge on any atom is -0.461 e. The van der Waals surface area contributed by atoms with Gasteiger partial charge in [0.25, 0.3) is 0 Å². The van der Waals surface area contributed by atoms with Crippen LogP contribution in [0.2, 0.25) is 0 Å². The molecular formula is C37H58N4O6S. The van der Waals surface area contributed by atoms with Crippen molar-refractivity contribution in [1.29, 1.82) is 0 Å². The van der Waals surface area contributed by atoms with Crippen LogP contribution in [-0.4, -0.2) is 72.8 Å². The van der Waals surface area contributed by atoms with Gasteiger partial charge in [-0.15, -0.1) is 11.8 Å². The number of carbonyl (C=O) groups excluding carboxylic acids is 4. The zero-order valence-corrected chi connectivity index (χ0v) is 30.4. The maximum Gasteiger partial charge on any atom is 0.316 e. The minimum absolute atomic E-state index is 0.0314. The molecule has 1 spiro atoms. The summed E-state index contributed by atoms with van der Waals surface area (Å²) in [7, 11) is 0. The Bertz CT molecular complexity index is 1330. The Balaban J connectivity index is 1.57. The summed E-state index contributed by atoms with van der Waals surface area (Å²) >= 11 is 1.36. The van der Waals surface area contributed by atoms with Gasteiger partial charge in [-0.25, -0.2) is 0 Å². The summed E-state index contributed by atoms with van der Waals surface area (Å²) in [4.78, 5) is 54.1. The molecule has 2 amide bonds. The van der Waals surface area contributed by atoms with E-state index < -0.39 is 28.5 Å². The second-order valence-corrected chi connectivity index (χ2v) is 16.7. The fourth-order valence-electron chi connectivity index (χ4n) is 8.94. The van der Waals surface area contributed by atoms with E-state index in [-0.39, 0.29) is 59.4 Å². The number of amides is 2. The summed E-state index contributed by atoms with van der Waals surface area (Å²) < 4.78 is 6.43. The normalized spacial score (nSPS) is 34.7. The molecule has 8 atom stereocenters. The molecule has 0 heterocycles. The van der Waals surface area contributed by atoms with Gasteiger partial charge in [-0.3, -0.25) is 19.2 Å². The molecule has 3 aliphatic rings. The molecule has 3 aliphatic carbocycles. The molecule has 0 aliphatic heterocycles. The van der Waals surface area contributed by atoms with E-state index in [1.54, 1.807) is 6.92 Å². The van der Waals surface area contributed by atoms with Crippen LogP contribution in [0.3, 0.4) is 0 Å². The van der Waals surface area contributed by atoms with Crippen molar-refractivity contribution >= 4 is 35.3 Å². The molecule has 1 aromatic carbocycles. The van der Waals surface area contributed by atoms with Gasteiger partial charge in [0.1, 0.15) is 11.9 Å². The number of aliphatic hydroxyl groups excluding tert-OH is 1. The molecule has 7 N–H and O–H groups in total. The van der Waals surface area contributed by atoms with Crippen LogP contribution in [0.25, 0.3) is 0 Å². The standard InChI is InChI=1S/C37H58N4O6S/c1-24-19-34(3)22-37(13-12-28(34)42)23-36(24,5)29(20-35(4,32(45)25(37)2)33(46)41-17-7-15-39)47-31(44)21-48-27-10-8-26(9-11-27)18-30(43)40-16-6-14-38/h8-11,24-25,29,32,45H,6-7,12-23,38-39H2,1-5H3,(H,40,43)(H,41,46)/t24-,25+,29-,32+,34+,35+,36+,37+/m1/s1. The summed E-state index contributed by atoms with van der Waals surface area (Å²) in [6.45, 7) is 12.2. The number of nitrogens with one attached hydrogen (secondary N) is 2. The first-order chi connectivity index (χ1) is 22.6. The van der Waals surface area contributed by atoms with E-state index in [0.717, 1.165) is 16.9 Å². The summed E-state index contributed by atoms with van der Waals surface area (Å²) in [5.74, 6) is -0.591. The van der Waals surface area contributed by atoms with Crippen molar-refractivity contribution in [3.63, 3.8) is 0 Å². The number of Topliss-reactive ketones (excluding diaryl/α,β-unsaturated/α-hetero) is 1. The first-order valence-corrected chi connectivity index (χ1v) is 18.7. The lowest BCUT2D eigenvalue weighted by molar-refractivity contribution is -0.184. The molecule has 0 radical (unpaired) electrons. The Morgan fingerprint density at radius 2 is 1.62 bits per heavy atom. The van der Waals surface area contributed by atoms with Crippen LogP contribution in [0.1, 0.15) is 91.5 Å². The lowest BCUT2D eigenvalue weighted by Gasteiger charge is -2.56. The quantitative estimate of drug-likeness (QED) is 0.118. The van der Waals surface area contributed by atoms with Crippen LogP contribution < -0.4 is 22.1 Å². The predicted molar refractivity (Wildman–Crippen MR) is 188 cm³/mol. The molecule has 3 saturated carbocycles. The summed E-state index contributed by atoms with van der Waals surface area (Å²) in [5, 5.41) is 18.0. The summed E-state index contributed by atoms with van der Waals surface area (Å²) in [6, 6.07) is 7.56. The number of fused-ring (bicyclic) bond motifs is 2. The zero-order valence-electron chi connectivity index (χ0n) is 29.6. The highest BCUT2D eigenvalue weighted by Gasteiger charge is 2.64. The Morgan fingerprint density at radius 3 is 2.27 bits per heavy atom. The van der Waals surface area contributed by atoms with Crippen LogP contribution in [0.5, 0.6) is 0 Å². The Labute approximate surface area is 290 Å². The molecule has 11 heteroatoms. The number of carbonyl (C=O) groups is 4. The predicted octanol–water partition coefficient (Wildman–Crippen LogP) is 3.75. The number of hydrogen-bond acceptors (Lipinski definition) is 9. The topological polar surface area (TPSA) is 174 Å². The number of esters is 1. The van der Waals surface area contributed by atoms with Crippen molar-refractivity contribution < 1.29 is 29.0 Å². The second-order valence-electron chi connectivity index (χ2n) is 15.6. The fourth-order valence-corrected chi connectivity index (χ4v) is 9.62. The van der Waals surface area contributed by atoms with E-state index in [1.807, 2.05) is 31.2 Å². The third-order valence-corrected chi connectivity index (χ3v) is 13.1. The lowest BCUT2D eigenvalue weighted by Crippen LogP contribution is -2.60. The van der Waals surface area contributed by atoms with E-state index in [2.05, 4.69) is 31.4 Å². The minimum atomic E-state index is -1.23. The molecule has 3 bridgehead atoms. The van der Waals surface area contributed by atoms with Crippen molar-refractivity contribution in [3.05, 3.63) is 29.8 Å². The van der Waals surface area contributed by atoms with Gasteiger partial charge in [-0.1, -0.05) is 39.8 Å². The van der Waals surface area contributed by atoms with Crippen LogP contribution >= 0.6 is 11.8 Å². The molecule has 4 rings (SSSR count). The first kappa shape index (κ1) is 38.3. The van der Waals surface area contributed by atoms with E-state index >= 15 is 0 Å². The molecule has 48 heavy (non-hydrogen) atoms. The highest BCUT2D eigenvalue weighted by molar-refractivity contribution is 8.00. The fraction of sp³-hybridized carbons (Fsp3) is 0.730. The summed E-state index contributed by atoms with van der Waals surface area (Å²) in [6.07, 6.45) is 3.28. The monoisotopic (exact) mass is 686 g/mol. The van der Waals surface area contributed by atoms with Gasteiger partial charge in [0.05, 0.1) is 23.7 Å². The van der Waals surface area contributed by atoms with Crippen molar-refractivity contribution in [2.24, 2.45) is 45.0 Å². The number of thioether (sulfide) groups is 1. The molecule has 0 saturated heterocycles. The second kappa shape index (κ2) is 15.6. The van der Waals surface area contributed by atoms with Gasteiger partial charge < -0.3 is 31.9 Å². The van der Waals surface area contributed by atoms with Crippen LogP contribution in [0.15, 0.2) is 29.2 Å². The SMILES string of the molecule is C[C@@H]1C[C@@]2(C)C[C@@]3(CCC2=O)C[C@]1(C)[C@H](OC(=O)CSc1ccc(CC(=O)NCCCN)cc1)C[C@](C)(C(=O)NCCCN)[C@@H](O)[C@@H]3C. The number of benzene rings is 1. The van der Waals surface area contributed by atoms with E-state index in [0.29, 0.717) is 64.7 Å². The van der Waals surface area contributed by atoms with Gasteiger partial charge in [0, 0.05) is 41.7 Å². The Hall–Kier alpha value is -2.47. The van der Waals surface area contributed by atoms with Gasteiger partial charge in [-0.05, 0) is 93.5 Å². The molecule has 0 aromatic heterocycles. The van der Waals surface area contributed by atoms with Crippen molar-refractivity contribution in [2.75, 3.05) is 31.9 Å². The average Bonchev–Trinajstić information content (AvgIpc) is 3.12. The van der Waals surface area contributed by atoms with Crippen molar-refractivity contribution in [2.45, 2.75) is 110 Å². The van der Waals surface area contributed by atoms with E-state index in [1.165, 1.54) is 11.8 Å². The highest BCUT2D eigenvalue weighted by Crippen LogP contribution is 2.65. The van der Waals surface area contributed by atoms with E-state index in [4.69, 9.17) is 16.2 Å².